The number of rotatable bonds is 3. The van der Waals surface area contributed by atoms with Crippen molar-refractivity contribution in [2.24, 2.45) is 0 Å². The van der Waals surface area contributed by atoms with Gasteiger partial charge in [-0.1, -0.05) is 15.9 Å². The molecule has 6 nitrogen and oxygen atoms in total. The minimum Gasteiger partial charge on any atom is -0.272 e. The monoisotopic (exact) mass is 348 g/mol. The van der Waals surface area contributed by atoms with Crippen molar-refractivity contribution in [2.45, 2.75) is 12.2 Å². The van der Waals surface area contributed by atoms with Crippen LogP contribution in [0.3, 0.4) is 0 Å². The van der Waals surface area contributed by atoms with Crippen LogP contribution in [0, 0.1) is 0 Å². The predicted molar refractivity (Wildman–Crippen MR) is 74.1 cm³/mol. The average Bonchev–Trinajstić information content (AvgIpc) is 2.34. The molecule has 1 aromatic rings. The maximum absolute atomic E-state index is 11.6. The van der Waals surface area contributed by atoms with Crippen LogP contribution in [-0.4, -0.2) is 31.7 Å². The summed E-state index contributed by atoms with van der Waals surface area (Å²) in [4.78, 5) is 23.1. The van der Waals surface area contributed by atoms with E-state index in [1.54, 1.807) is 24.3 Å². The molecule has 19 heavy (non-hydrogen) atoms. The normalized spacial score (nSPS) is 12.6. The van der Waals surface area contributed by atoms with Crippen LogP contribution in [0.25, 0.3) is 0 Å². The number of carbonyl (C=O) groups excluding carboxylic acids is 2. The smallest absolute Gasteiger partial charge is 0.269 e. The number of hydrazine groups is 1. The highest BCUT2D eigenvalue weighted by atomic mass is 79.9. The number of sulfone groups is 1. The summed E-state index contributed by atoms with van der Waals surface area (Å²) in [6.07, 6.45) is 0.952. The van der Waals surface area contributed by atoms with Crippen molar-refractivity contribution in [1.82, 2.24) is 10.9 Å². The van der Waals surface area contributed by atoms with Gasteiger partial charge in [-0.25, -0.2) is 8.42 Å². The predicted octanol–water partition coefficient (Wildman–Crippen LogP) is 0.643. The van der Waals surface area contributed by atoms with Gasteiger partial charge in [-0.3, -0.25) is 20.4 Å². The zero-order valence-corrected chi connectivity index (χ0v) is 12.7. The molecule has 1 rings (SSSR count). The summed E-state index contributed by atoms with van der Waals surface area (Å²) >= 11 is 3.23. The molecule has 2 amide bonds. The third kappa shape index (κ3) is 4.64. The second kappa shape index (κ2) is 6.16. The lowest BCUT2D eigenvalue weighted by atomic mass is 10.2. The van der Waals surface area contributed by atoms with Crippen LogP contribution in [0.15, 0.2) is 28.7 Å². The number of benzene rings is 1. The van der Waals surface area contributed by atoms with E-state index in [0.717, 1.165) is 10.7 Å². The van der Waals surface area contributed by atoms with E-state index in [1.807, 2.05) is 0 Å². The summed E-state index contributed by atoms with van der Waals surface area (Å²) in [7, 11) is -3.49. The van der Waals surface area contributed by atoms with Gasteiger partial charge in [0.25, 0.3) is 11.8 Å². The van der Waals surface area contributed by atoms with Gasteiger partial charge in [-0.2, -0.15) is 0 Å². The first kappa shape index (κ1) is 15.6. The second-order valence-corrected chi connectivity index (χ2v) is 7.20. The van der Waals surface area contributed by atoms with Gasteiger partial charge in [-0.05, 0) is 31.2 Å². The van der Waals surface area contributed by atoms with E-state index in [9.17, 15) is 18.0 Å². The Labute approximate surface area is 119 Å². The third-order valence-corrected chi connectivity index (χ3v) is 4.44. The largest absolute Gasteiger partial charge is 0.272 e. The van der Waals surface area contributed by atoms with Crippen LogP contribution in [0.5, 0.6) is 0 Å². The van der Waals surface area contributed by atoms with Crippen LogP contribution in [0.4, 0.5) is 0 Å². The highest BCUT2D eigenvalue weighted by Crippen LogP contribution is 2.10. The Bertz CT molecular complexity index is 583. The van der Waals surface area contributed by atoms with E-state index in [-0.39, 0.29) is 0 Å². The molecule has 0 aliphatic heterocycles. The first-order valence-electron chi connectivity index (χ1n) is 5.26. The van der Waals surface area contributed by atoms with Gasteiger partial charge in [0.05, 0.1) is 0 Å². The first-order valence-corrected chi connectivity index (χ1v) is 8.01. The second-order valence-electron chi connectivity index (χ2n) is 3.92. The number of amides is 2. The van der Waals surface area contributed by atoms with Gasteiger partial charge in [0, 0.05) is 16.3 Å². The summed E-state index contributed by atoms with van der Waals surface area (Å²) in [5.74, 6) is -1.31. The summed E-state index contributed by atoms with van der Waals surface area (Å²) < 4.78 is 23.1. The SMILES string of the molecule is CC(C(=O)NNC(=O)c1ccc(Br)cc1)S(C)(=O)=O. The van der Waals surface area contributed by atoms with Crippen LogP contribution >= 0.6 is 15.9 Å². The molecule has 0 saturated heterocycles. The van der Waals surface area contributed by atoms with Crippen molar-refractivity contribution < 1.29 is 18.0 Å². The number of hydrogen-bond acceptors (Lipinski definition) is 4. The molecular weight excluding hydrogens is 336 g/mol. The zero-order valence-electron chi connectivity index (χ0n) is 10.3. The Balaban J connectivity index is 2.60. The molecule has 0 spiro atoms. The molecule has 1 unspecified atom stereocenters. The van der Waals surface area contributed by atoms with Crippen molar-refractivity contribution >= 4 is 37.6 Å². The van der Waals surface area contributed by atoms with Crippen molar-refractivity contribution in [3.05, 3.63) is 34.3 Å². The van der Waals surface area contributed by atoms with Gasteiger partial charge in [0.2, 0.25) is 0 Å². The molecule has 1 atom stereocenters. The minimum absolute atomic E-state index is 0.343. The summed E-state index contributed by atoms with van der Waals surface area (Å²) in [6.45, 7) is 1.25. The van der Waals surface area contributed by atoms with Gasteiger partial charge < -0.3 is 0 Å². The lowest BCUT2D eigenvalue weighted by molar-refractivity contribution is -0.121. The lowest BCUT2D eigenvalue weighted by Gasteiger charge is -2.11. The van der Waals surface area contributed by atoms with Crippen molar-refractivity contribution in [3.8, 4) is 0 Å². The Hall–Kier alpha value is -1.41. The van der Waals surface area contributed by atoms with Crippen LogP contribution < -0.4 is 10.9 Å². The maximum atomic E-state index is 11.6. The Morgan fingerprint density at radius 3 is 2.16 bits per heavy atom. The fourth-order valence-electron chi connectivity index (χ4n) is 1.09. The Morgan fingerprint density at radius 2 is 1.68 bits per heavy atom. The van der Waals surface area contributed by atoms with Crippen molar-refractivity contribution in [1.29, 1.82) is 0 Å². The quantitative estimate of drug-likeness (QED) is 0.784. The molecule has 0 aromatic heterocycles. The standard InChI is InChI=1S/C11H13BrN2O4S/c1-7(19(2,17)18)10(15)13-14-11(16)8-3-5-9(12)6-4-8/h3-7H,1-2H3,(H,13,15)(H,14,16). The van der Waals surface area contributed by atoms with Crippen molar-refractivity contribution in [2.75, 3.05) is 6.26 Å². The van der Waals surface area contributed by atoms with E-state index in [1.165, 1.54) is 6.92 Å². The van der Waals surface area contributed by atoms with Crippen molar-refractivity contribution in [3.63, 3.8) is 0 Å². The van der Waals surface area contributed by atoms with E-state index < -0.39 is 26.9 Å². The topological polar surface area (TPSA) is 92.3 Å². The van der Waals surface area contributed by atoms with E-state index in [4.69, 9.17) is 0 Å². The molecule has 8 heteroatoms. The van der Waals surface area contributed by atoms with Gasteiger partial charge in [0.1, 0.15) is 5.25 Å². The fraction of sp³-hybridized carbons (Fsp3) is 0.273. The first-order chi connectivity index (χ1) is 8.71. The highest BCUT2D eigenvalue weighted by molar-refractivity contribution is 9.10. The van der Waals surface area contributed by atoms with E-state index in [0.29, 0.717) is 5.56 Å². The molecule has 0 saturated carbocycles. The van der Waals surface area contributed by atoms with Crippen LogP contribution in [0.2, 0.25) is 0 Å². The zero-order chi connectivity index (χ0) is 14.6. The maximum Gasteiger partial charge on any atom is 0.269 e. The molecule has 0 heterocycles. The summed E-state index contributed by atoms with van der Waals surface area (Å²) in [5.41, 5.74) is 4.57. The molecule has 2 N–H and O–H groups in total. The minimum atomic E-state index is -3.49. The van der Waals surface area contributed by atoms with Gasteiger partial charge in [-0.15, -0.1) is 0 Å². The molecule has 0 aliphatic carbocycles. The van der Waals surface area contributed by atoms with Crippen LogP contribution in [-0.2, 0) is 14.6 Å². The third-order valence-electron chi connectivity index (χ3n) is 2.42. The molecule has 104 valence electrons. The number of nitrogens with one attached hydrogen (secondary N) is 2. The van der Waals surface area contributed by atoms with E-state index >= 15 is 0 Å². The molecule has 1 aromatic carbocycles. The van der Waals surface area contributed by atoms with E-state index in [2.05, 4.69) is 26.8 Å². The number of carbonyl (C=O) groups is 2. The molecule has 0 bridgehead atoms. The summed E-state index contributed by atoms with van der Waals surface area (Å²) in [5, 5.41) is -1.22. The highest BCUT2D eigenvalue weighted by Gasteiger charge is 2.23. The van der Waals surface area contributed by atoms with Gasteiger partial charge in [0.15, 0.2) is 9.84 Å². The Kier molecular flexibility index (Phi) is 5.07. The Morgan fingerprint density at radius 1 is 1.16 bits per heavy atom. The molecule has 0 aliphatic rings. The molecule has 0 radical (unpaired) electrons. The summed E-state index contributed by atoms with van der Waals surface area (Å²) in [6, 6.07) is 6.48. The average molecular weight is 349 g/mol. The van der Waals surface area contributed by atoms with Gasteiger partial charge >= 0.3 is 0 Å². The fourth-order valence-corrected chi connectivity index (χ4v) is 1.80. The molecular formula is C11H13BrN2O4S. The number of halogens is 1. The van der Waals surface area contributed by atoms with Crippen LogP contribution in [0.1, 0.15) is 17.3 Å². The lowest BCUT2D eigenvalue weighted by Crippen LogP contribution is -2.47. The number of hydrogen-bond donors (Lipinski definition) is 2. The molecule has 0 fully saturated rings.